The van der Waals surface area contributed by atoms with Gasteiger partial charge in [-0.1, -0.05) is 0 Å². The molecule has 1 aliphatic carbocycles. The maximum Gasteiger partial charge on any atom is 0.249 e. The summed E-state index contributed by atoms with van der Waals surface area (Å²) in [5, 5.41) is 6.64. The van der Waals surface area contributed by atoms with Crippen LogP contribution in [0.3, 0.4) is 0 Å². The molecule has 1 aromatic heterocycles. The predicted octanol–water partition coefficient (Wildman–Crippen LogP) is 0.269. The van der Waals surface area contributed by atoms with Crippen LogP contribution in [0.1, 0.15) is 32.0 Å². The number of aromatic nitrogens is 2. The van der Waals surface area contributed by atoms with E-state index >= 15 is 0 Å². The minimum atomic E-state index is -0.194. The van der Waals surface area contributed by atoms with Crippen molar-refractivity contribution in [1.29, 1.82) is 0 Å². The molecule has 2 aliphatic heterocycles. The van der Waals surface area contributed by atoms with E-state index in [0.717, 1.165) is 51.3 Å². The van der Waals surface area contributed by atoms with Crippen LogP contribution in [0.5, 0.6) is 0 Å². The number of carbonyl (C=O) groups is 1. The zero-order valence-electron chi connectivity index (χ0n) is 15.3. The van der Waals surface area contributed by atoms with E-state index in [1.807, 2.05) is 22.7 Å². The zero-order valence-corrected chi connectivity index (χ0v) is 15.3. The first-order valence-electron chi connectivity index (χ1n) is 9.33. The fraction of sp³-hybridized carbons (Fsp3) is 0.778. The fourth-order valence-corrected chi connectivity index (χ4v) is 4.20. The quantitative estimate of drug-likeness (QED) is 0.773. The van der Waals surface area contributed by atoms with E-state index in [9.17, 15) is 4.79 Å². The number of hydrogen-bond donors (Lipinski definition) is 2. The van der Waals surface area contributed by atoms with E-state index in [0.29, 0.717) is 18.0 Å². The second-order valence-corrected chi connectivity index (χ2v) is 8.15. The highest BCUT2D eigenvalue weighted by atomic mass is 16.5. The van der Waals surface area contributed by atoms with Crippen LogP contribution < -0.4 is 10.6 Å². The number of rotatable bonds is 6. The molecule has 3 fully saturated rings. The molecule has 138 valence electrons. The average Bonchev–Trinajstić information content (AvgIpc) is 3.09. The molecule has 4 rings (SSSR count). The van der Waals surface area contributed by atoms with Gasteiger partial charge in [-0.2, -0.15) is 0 Å². The van der Waals surface area contributed by atoms with Gasteiger partial charge in [0.1, 0.15) is 12.4 Å². The summed E-state index contributed by atoms with van der Waals surface area (Å²) in [5.41, 5.74) is 0.120. The lowest BCUT2D eigenvalue weighted by Crippen LogP contribution is -2.59. The third-order valence-electron chi connectivity index (χ3n) is 6.22. The molecule has 3 aliphatic rings. The van der Waals surface area contributed by atoms with Gasteiger partial charge >= 0.3 is 0 Å². The summed E-state index contributed by atoms with van der Waals surface area (Å²) < 4.78 is 7.91. The highest BCUT2D eigenvalue weighted by molar-refractivity contribution is 5.78. The molecular weight excluding hydrogens is 318 g/mol. The second kappa shape index (κ2) is 6.37. The van der Waals surface area contributed by atoms with E-state index < -0.39 is 0 Å². The summed E-state index contributed by atoms with van der Waals surface area (Å²) in [6.45, 7) is 6.54. The molecule has 0 bridgehead atoms. The van der Waals surface area contributed by atoms with Gasteiger partial charge in [-0.25, -0.2) is 4.98 Å². The predicted molar refractivity (Wildman–Crippen MR) is 93.9 cm³/mol. The van der Waals surface area contributed by atoms with Gasteiger partial charge in [0.05, 0.1) is 12.1 Å². The molecule has 25 heavy (non-hydrogen) atoms. The average molecular weight is 347 g/mol. The van der Waals surface area contributed by atoms with Crippen LogP contribution in [0.4, 0.5) is 0 Å². The molecule has 1 atom stereocenters. The summed E-state index contributed by atoms with van der Waals surface area (Å²) >= 11 is 0. The van der Waals surface area contributed by atoms with Gasteiger partial charge in [0, 0.05) is 38.6 Å². The van der Waals surface area contributed by atoms with Crippen LogP contribution in [-0.4, -0.2) is 64.8 Å². The zero-order chi connectivity index (χ0) is 17.5. The number of nitrogens with one attached hydrogen (secondary N) is 2. The number of hydrogen-bond acceptors (Lipinski definition) is 5. The third-order valence-corrected chi connectivity index (χ3v) is 6.22. The molecule has 1 spiro atoms. The van der Waals surface area contributed by atoms with Crippen molar-refractivity contribution in [2.75, 3.05) is 32.8 Å². The maximum absolute atomic E-state index is 13.0. The Morgan fingerprint density at radius 2 is 2.16 bits per heavy atom. The molecule has 1 saturated carbocycles. The van der Waals surface area contributed by atoms with Crippen molar-refractivity contribution in [1.82, 2.24) is 25.1 Å². The monoisotopic (exact) mass is 347 g/mol. The molecule has 7 heteroatoms. The van der Waals surface area contributed by atoms with E-state index in [1.165, 1.54) is 0 Å². The Kier molecular flexibility index (Phi) is 4.33. The summed E-state index contributed by atoms with van der Waals surface area (Å²) in [5.74, 6) is 1.03. The summed E-state index contributed by atoms with van der Waals surface area (Å²) in [6.07, 6.45) is 7.16. The Morgan fingerprint density at radius 3 is 2.76 bits per heavy atom. The van der Waals surface area contributed by atoms with Crippen molar-refractivity contribution < 1.29 is 9.53 Å². The standard InChI is InChI=1S/C18H29N5O2/c1-17(12-20-13-17)25-11-16(24)23(10-15-21-7-8-22(15)2)14-9-18(14)3-5-19-6-4-18/h7-8,14,19-20H,3-6,9-13H2,1-2H3. The van der Waals surface area contributed by atoms with Crippen LogP contribution in [0.25, 0.3) is 0 Å². The van der Waals surface area contributed by atoms with Crippen molar-refractivity contribution in [3.63, 3.8) is 0 Å². The normalized spacial score (nSPS) is 26.2. The van der Waals surface area contributed by atoms with Crippen LogP contribution >= 0.6 is 0 Å². The SMILES string of the molecule is Cn1ccnc1CN(C(=O)COC1(C)CNC1)C1CC12CCNCC2. The van der Waals surface area contributed by atoms with Crippen molar-refractivity contribution in [3.8, 4) is 0 Å². The number of aryl methyl sites for hydroxylation is 1. The Balaban J connectivity index is 1.45. The molecule has 2 saturated heterocycles. The summed E-state index contributed by atoms with van der Waals surface area (Å²) in [4.78, 5) is 19.5. The Hall–Kier alpha value is -1.44. The van der Waals surface area contributed by atoms with Crippen molar-refractivity contribution in [3.05, 3.63) is 18.2 Å². The van der Waals surface area contributed by atoms with E-state index in [2.05, 4.69) is 22.5 Å². The molecule has 1 aromatic rings. The Labute approximate surface area is 149 Å². The van der Waals surface area contributed by atoms with Gasteiger partial charge in [-0.05, 0) is 44.7 Å². The molecule has 0 aromatic carbocycles. The smallest absolute Gasteiger partial charge is 0.249 e. The third kappa shape index (κ3) is 3.32. The van der Waals surface area contributed by atoms with Gasteiger partial charge < -0.3 is 24.8 Å². The van der Waals surface area contributed by atoms with Gasteiger partial charge in [-0.3, -0.25) is 4.79 Å². The van der Waals surface area contributed by atoms with E-state index in [-0.39, 0.29) is 18.1 Å². The number of nitrogens with zero attached hydrogens (tertiary/aromatic N) is 3. The molecular formula is C18H29N5O2. The molecule has 2 N–H and O–H groups in total. The highest BCUT2D eigenvalue weighted by Gasteiger charge is 2.57. The van der Waals surface area contributed by atoms with E-state index in [4.69, 9.17) is 4.74 Å². The first-order chi connectivity index (χ1) is 12.0. The fourth-order valence-electron chi connectivity index (χ4n) is 4.20. The van der Waals surface area contributed by atoms with Crippen molar-refractivity contribution >= 4 is 5.91 Å². The second-order valence-electron chi connectivity index (χ2n) is 8.15. The number of ether oxygens (including phenoxy) is 1. The number of carbonyl (C=O) groups excluding carboxylic acids is 1. The minimum Gasteiger partial charge on any atom is -0.363 e. The van der Waals surface area contributed by atoms with Gasteiger partial charge in [-0.15, -0.1) is 0 Å². The molecule has 0 radical (unpaired) electrons. The van der Waals surface area contributed by atoms with Crippen LogP contribution in [-0.2, 0) is 23.1 Å². The highest BCUT2D eigenvalue weighted by Crippen LogP contribution is 2.56. The first kappa shape index (κ1) is 17.0. The minimum absolute atomic E-state index is 0.0940. The van der Waals surface area contributed by atoms with E-state index in [1.54, 1.807) is 6.20 Å². The van der Waals surface area contributed by atoms with Gasteiger partial charge in [0.15, 0.2) is 0 Å². The lowest BCUT2D eigenvalue weighted by Gasteiger charge is -2.39. The largest absolute Gasteiger partial charge is 0.363 e. The summed E-state index contributed by atoms with van der Waals surface area (Å²) in [7, 11) is 1.98. The number of amides is 1. The maximum atomic E-state index is 13.0. The van der Waals surface area contributed by atoms with Gasteiger partial charge in [0.2, 0.25) is 5.91 Å². The number of imidazole rings is 1. The first-order valence-corrected chi connectivity index (χ1v) is 9.33. The summed E-state index contributed by atoms with van der Waals surface area (Å²) in [6, 6.07) is 0.328. The Bertz CT molecular complexity index is 633. The lowest BCUT2D eigenvalue weighted by molar-refractivity contribution is -0.148. The lowest BCUT2D eigenvalue weighted by atomic mass is 9.93. The molecule has 3 heterocycles. The molecule has 7 nitrogen and oxygen atoms in total. The number of piperidine rings is 1. The molecule has 1 amide bonds. The van der Waals surface area contributed by atoms with Gasteiger partial charge in [0.25, 0.3) is 0 Å². The topological polar surface area (TPSA) is 71.4 Å². The van der Waals surface area contributed by atoms with Crippen LogP contribution in [0.15, 0.2) is 12.4 Å². The van der Waals surface area contributed by atoms with Crippen molar-refractivity contribution in [2.24, 2.45) is 12.5 Å². The van der Waals surface area contributed by atoms with Crippen LogP contribution in [0.2, 0.25) is 0 Å². The van der Waals surface area contributed by atoms with Crippen molar-refractivity contribution in [2.45, 2.75) is 44.4 Å². The Morgan fingerprint density at radius 1 is 1.40 bits per heavy atom. The molecule has 1 unspecified atom stereocenters. The van der Waals surface area contributed by atoms with Crippen LogP contribution in [0, 0.1) is 5.41 Å².